The Bertz CT molecular complexity index is 828. The Hall–Kier alpha value is -2.41. The average molecular weight is 385 g/mol. The van der Waals surface area contributed by atoms with E-state index in [0.29, 0.717) is 32.7 Å². The molecule has 2 aliphatic heterocycles. The predicted molar refractivity (Wildman–Crippen MR) is 104 cm³/mol. The molecule has 2 saturated heterocycles. The summed E-state index contributed by atoms with van der Waals surface area (Å²) in [5.74, 6) is 0.116. The number of rotatable bonds is 4. The molecule has 1 aromatic heterocycles. The summed E-state index contributed by atoms with van der Waals surface area (Å²) >= 11 is 1.63. The number of benzene rings is 1. The Kier molecular flexibility index (Phi) is 5.11. The summed E-state index contributed by atoms with van der Waals surface area (Å²) in [6.07, 6.45) is 1.75. The summed E-state index contributed by atoms with van der Waals surface area (Å²) in [6.45, 7) is 4.53. The second-order valence-electron chi connectivity index (χ2n) is 6.98. The molecule has 3 heterocycles. The monoisotopic (exact) mass is 385 g/mol. The third-order valence-electron chi connectivity index (χ3n) is 5.28. The van der Waals surface area contributed by atoms with Crippen LogP contribution in [0.15, 0.2) is 30.3 Å². The van der Waals surface area contributed by atoms with Gasteiger partial charge in [-0.1, -0.05) is 30.3 Å². The fraction of sp³-hybridized carbons (Fsp3) is 0.450. The maximum Gasteiger partial charge on any atom is 0.410 e. The number of ether oxygens (including phenoxy) is 1. The fourth-order valence-electron chi connectivity index (χ4n) is 3.72. The van der Waals surface area contributed by atoms with Crippen LogP contribution in [0.25, 0.3) is 10.6 Å². The summed E-state index contributed by atoms with van der Waals surface area (Å²) in [5, 5.41) is 0.960. The molecular formula is C20H23N3O3S. The van der Waals surface area contributed by atoms with Gasteiger partial charge in [0, 0.05) is 29.6 Å². The quantitative estimate of drug-likeness (QED) is 0.811. The summed E-state index contributed by atoms with van der Waals surface area (Å²) in [6, 6.07) is 10.2. The zero-order valence-corrected chi connectivity index (χ0v) is 16.2. The van der Waals surface area contributed by atoms with E-state index < -0.39 is 0 Å². The van der Waals surface area contributed by atoms with Crippen molar-refractivity contribution >= 4 is 23.3 Å². The van der Waals surface area contributed by atoms with Crippen molar-refractivity contribution in [2.45, 2.75) is 32.2 Å². The average Bonchev–Trinajstić information content (AvgIpc) is 3.28. The van der Waals surface area contributed by atoms with Gasteiger partial charge in [0.05, 0.1) is 18.7 Å². The van der Waals surface area contributed by atoms with Crippen LogP contribution in [0.5, 0.6) is 0 Å². The molecule has 0 bridgehead atoms. The molecule has 0 spiro atoms. The van der Waals surface area contributed by atoms with Crippen LogP contribution in [-0.4, -0.2) is 59.1 Å². The van der Waals surface area contributed by atoms with Crippen molar-refractivity contribution in [2.24, 2.45) is 0 Å². The van der Waals surface area contributed by atoms with Gasteiger partial charge in [-0.25, -0.2) is 9.78 Å². The molecule has 7 heteroatoms. The van der Waals surface area contributed by atoms with Gasteiger partial charge in [-0.05, 0) is 19.8 Å². The molecule has 0 N–H and O–H groups in total. The Morgan fingerprint density at radius 3 is 2.63 bits per heavy atom. The van der Waals surface area contributed by atoms with Crippen LogP contribution in [0.4, 0.5) is 4.79 Å². The molecule has 2 fully saturated rings. The van der Waals surface area contributed by atoms with Crippen molar-refractivity contribution in [1.29, 1.82) is 0 Å². The molecule has 4 rings (SSSR count). The van der Waals surface area contributed by atoms with E-state index in [1.807, 2.05) is 42.2 Å². The van der Waals surface area contributed by atoms with Gasteiger partial charge in [0.1, 0.15) is 11.6 Å². The van der Waals surface area contributed by atoms with Crippen molar-refractivity contribution < 1.29 is 14.3 Å². The van der Waals surface area contributed by atoms with E-state index in [2.05, 4.69) is 0 Å². The number of thiazole rings is 1. The van der Waals surface area contributed by atoms with E-state index in [4.69, 9.17) is 9.72 Å². The maximum atomic E-state index is 12.7. The van der Waals surface area contributed by atoms with E-state index in [-0.39, 0.29) is 18.0 Å². The SMILES string of the molecule is Cc1sc(-c2ccccc2)nc1CC(=O)N1CCC(N2CCOC2=O)CC1. The number of hydrogen-bond acceptors (Lipinski definition) is 5. The van der Waals surface area contributed by atoms with Crippen molar-refractivity contribution in [3.05, 3.63) is 40.9 Å². The molecule has 0 atom stereocenters. The van der Waals surface area contributed by atoms with Crippen LogP contribution in [-0.2, 0) is 16.0 Å². The third kappa shape index (κ3) is 3.83. The van der Waals surface area contributed by atoms with Gasteiger partial charge in [0.15, 0.2) is 0 Å². The molecule has 2 aromatic rings. The van der Waals surface area contributed by atoms with Gasteiger partial charge in [0.2, 0.25) is 5.91 Å². The first-order valence-electron chi connectivity index (χ1n) is 9.34. The zero-order valence-electron chi connectivity index (χ0n) is 15.4. The normalized spacial score (nSPS) is 18.0. The number of aromatic nitrogens is 1. The molecule has 0 saturated carbocycles. The van der Waals surface area contributed by atoms with Gasteiger partial charge in [-0.15, -0.1) is 11.3 Å². The lowest BCUT2D eigenvalue weighted by Crippen LogP contribution is -2.47. The number of hydrogen-bond donors (Lipinski definition) is 0. The first-order chi connectivity index (χ1) is 13.1. The van der Waals surface area contributed by atoms with Crippen LogP contribution in [0.1, 0.15) is 23.4 Å². The predicted octanol–water partition coefficient (Wildman–Crippen LogP) is 3.10. The van der Waals surface area contributed by atoms with Crippen LogP contribution in [0.2, 0.25) is 0 Å². The first-order valence-corrected chi connectivity index (χ1v) is 10.2. The number of aryl methyl sites for hydroxylation is 1. The van der Waals surface area contributed by atoms with E-state index >= 15 is 0 Å². The summed E-state index contributed by atoms with van der Waals surface area (Å²) < 4.78 is 5.02. The lowest BCUT2D eigenvalue weighted by Gasteiger charge is -2.35. The van der Waals surface area contributed by atoms with Crippen LogP contribution >= 0.6 is 11.3 Å². The molecule has 2 aliphatic rings. The molecular weight excluding hydrogens is 362 g/mol. The fourth-order valence-corrected chi connectivity index (χ4v) is 4.65. The minimum atomic E-state index is -0.216. The standard InChI is InChI=1S/C20H23N3O3S/c1-14-17(21-19(27-14)15-5-3-2-4-6-15)13-18(24)22-9-7-16(8-10-22)23-11-12-26-20(23)25/h2-6,16H,7-13H2,1H3. The Morgan fingerprint density at radius 2 is 1.96 bits per heavy atom. The lowest BCUT2D eigenvalue weighted by molar-refractivity contribution is -0.131. The van der Waals surface area contributed by atoms with Gasteiger partial charge < -0.3 is 14.5 Å². The highest BCUT2D eigenvalue weighted by Crippen LogP contribution is 2.28. The van der Waals surface area contributed by atoms with Crippen LogP contribution < -0.4 is 0 Å². The Morgan fingerprint density at radius 1 is 1.22 bits per heavy atom. The lowest BCUT2D eigenvalue weighted by atomic mass is 10.0. The van der Waals surface area contributed by atoms with E-state index in [1.165, 1.54) is 0 Å². The van der Waals surface area contributed by atoms with Crippen LogP contribution in [0.3, 0.4) is 0 Å². The van der Waals surface area contributed by atoms with Gasteiger partial charge >= 0.3 is 6.09 Å². The van der Waals surface area contributed by atoms with Crippen molar-refractivity contribution in [3.63, 3.8) is 0 Å². The number of carbonyl (C=O) groups is 2. The number of piperidine rings is 1. The highest BCUT2D eigenvalue weighted by molar-refractivity contribution is 7.15. The molecule has 6 nitrogen and oxygen atoms in total. The minimum Gasteiger partial charge on any atom is -0.448 e. The smallest absolute Gasteiger partial charge is 0.410 e. The molecule has 2 amide bonds. The summed E-state index contributed by atoms with van der Waals surface area (Å²) in [7, 11) is 0. The van der Waals surface area contributed by atoms with Crippen molar-refractivity contribution in [2.75, 3.05) is 26.2 Å². The number of nitrogens with zero attached hydrogens (tertiary/aromatic N) is 3. The van der Waals surface area contributed by atoms with Gasteiger partial charge in [-0.3, -0.25) is 4.79 Å². The molecule has 142 valence electrons. The molecule has 0 unspecified atom stereocenters. The molecule has 27 heavy (non-hydrogen) atoms. The Labute approximate surface area is 162 Å². The second kappa shape index (κ2) is 7.68. The number of cyclic esters (lactones) is 1. The van der Waals surface area contributed by atoms with Gasteiger partial charge in [-0.2, -0.15) is 0 Å². The summed E-state index contributed by atoms with van der Waals surface area (Å²) in [4.78, 5) is 34.0. The highest BCUT2D eigenvalue weighted by atomic mass is 32.1. The minimum absolute atomic E-state index is 0.116. The highest BCUT2D eigenvalue weighted by Gasteiger charge is 2.33. The molecule has 1 aromatic carbocycles. The zero-order chi connectivity index (χ0) is 18.8. The van der Waals surface area contributed by atoms with E-state index in [1.54, 1.807) is 16.2 Å². The number of amides is 2. The molecule has 0 radical (unpaired) electrons. The van der Waals surface area contributed by atoms with Crippen molar-refractivity contribution in [1.82, 2.24) is 14.8 Å². The summed E-state index contributed by atoms with van der Waals surface area (Å²) in [5.41, 5.74) is 1.96. The Balaban J connectivity index is 1.36. The first kappa shape index (κ1) is 18.0. The van der Waals surface area contributed by atoms with Crippen LogP contribution in [0, 0.1) is 6.92 Å². The van der Waals surface area contributed by atoms with Crippen molar-refractivity contribution in [3.8, 4) is 10.6 Å². The maximum absolute atomic E-state index is 12.7. The van der Waals surface area contributed by atoms with E-state index in [0.717, 1.165) is 34.0 Å². The second-order valence-corrected chi connectivity index (χ2v) is 8.19. The topological polar surface area (TPSA) is 62.7 Å². The van der Waals surface area contributed by atoms with E-state index in [9.17, 15) is 9.59 Å². The largest absolute Gasteiger partial charge is 0.448 e. The third-order valence-corrected chi connectivity index (χ3v) is 6.34. The molecule has 0 aliphatic carbocycles. The number of likely N-dealkylation sites (tertiary alicyclic amines) is 1. The number of carbonyl (C=O) groups excluding carboxylic acids is 2. The van der Waals surface area contributed by atoms with Gasteiger partial charge in [0.25, 0.3) is 0 Å².